The maximum Gasteiger partial charge on any atom is 0.174 e. The van der Waals surface area contributed by atoms with Gasteiger partial charge >= 0.3 is 0 Å². The van der Waals surface area contributed by atoms with Crippen LogP contribution in [0.15, 0.2) is 47.1 Å². The lowest BCUT2D eigenvalue weighted by Crippen LogP contribution is -2.11. The number of nitrogens with zero attached hydrogens (tertiary/aromatic N) is 2. The predicted molar refractivity (Wildman–Crippen MR) is 80.0 cm³/mol. The van der Waals surface area contributed by atoms with Crippen molar-refractivity contribution < 1.29 is 9.26 Å². The minimum Gasteiger partial charge on any atom is -0.483 e. The van der Waals surface area contributed by atoms with Crippen LogP contribution in [0.4, 0.5) is 0 Å². The lowest BCUT2D eigenvalue weighted by Gasteiger charge is -2.06. The SMILES string of the molecule is CCNCc1cc(COc2cccc3cccnc23)on1. The number of para-hydroxylation sites is 1. The van der Waals surface area contributed by atoms with E-state index in [-0.39, 0.29) is 0 Å². The van der Waals surface area contributed by atoms with Gasteiger partial charge in [-0.2, -0.15) is 0 Å². The fourth-order valence-electron chi connectivity index (χ4n) is 2.10. The van der Waals surface area contributed by atoms with E-state index in [0.29, 0.717) is 18.9 Å². The minimum atomic E-state index is 0.342. The molecule has 21 heavy (non-hydrogen) atoms. The molecule has 5 nitrogen and oxygen atoms in total. The lowest BCUT2D eigenvalue weighted by atomic mass is 10.2. The largest absolute Gasteiger partial charge is 0.483 e. The molecule has 5 heteroatoms. The van der Waals surface area contributed by atoms with Crippen molar-refractivity contribution in [2.24, 2.45) is 0 Å². The fraction of sp³-hybridized carbons (Fsp3) is 0.250. The Balaban J connectivity index is 1.70. The molecular formula is C16H17N3O2. The van der Waals surface area contributed by atoms with Gasteiger partial charge in [-0.3, -0.25) is 4.98 Å². The molecule has 1 N–H and O–H groups in total. The van der Waals surface area contributed by atoms with Crippen molar-refractivity contribution in [1.29, 1.82) is 0 Å². The minimum absolute atomic E-state index is 0.342. The van der Waals surface area contributed by atoms with Gasteiger partial charge in [0.2, 0.25) is 0 Å². The number of pyridine rings is 1. The first-order valence-corrected chi connectivity index (χ1v) is 6.98. The summed E-state index contributed by atoms with van der Waals surface area (Å²) in [5, 5.41) is 8.25. The van der Waals surface area contributed by atoms with Crippen LogP contribution < -0.4 is 10.1 Å². The molecular weight excluding hydrogens is 266 g/mol. The average Bonchev–Trinajstić information content (AvgIpc) is 2.99. The lowest BCUT2D eigenvalue weighted by molar-refractivity contribution is 0.250. The zero-order valence-corrected chi connectivity index (χ0v) is 11.9. The number of rotatable bonds is 6. The normalized spacial score (nSPS) is 10.9. The molecule has 0 atom stereocenters. The summed E-state index contributed by atoms with van der Waals surface area (Å²) in [5.74, 6) is 1.45. The molecule has 0 amide bonds. The number of nitrogens with one attached hydrogen (secondary N) is 1. The molecule has 0 aliphatic carbocycles. The summed E-state index contributed by atoms with van der Waals surface area (Å²) in [4.78, 5) is 4.36. The number of benzene rings is 1. The summed E-state index contributed by atoms with van der Waals surface area (Å²) in [5.41, 5.74) is 1.74. The molecule has 0 aliphatic heterocycles. The van der Waals surface area contributed by atoms with Gasteiger partial charge in [0.25, 0.3) is 0 Å². The Morgan fingerprint density at radius 2 is 2.14 bits per heavy atom. The van der Waals surface area contributed by atoms with E-state index in [1.165, 1.54) is 0 Å². The van der Waals surface area contributed by atoms with Crippen molar-refractivity contribution in [3.8, 4) is 5.75 Å². The second kappa shape index (κ2) is 6.37. The quantitative estimate of drug-likeness (QED) is 0.753. The summed E-state index contributed by atoms with van der Waals surface area (Å²) in [6.07, 6.45) is 1.76. The maximum absolute atomic E-state index is 5.81. The number of hydrogen-bond donors (Lipinski definition) is 1. The number of hydrogen-bond acceptors (Lipinski definition) is 5. The number of fused-ring (bicyclic) bond motifs is 1. The van der Waals surface area contributed by atoms with Gasteiger partial charge in [0.15, 0.2) is 5.76 Å². The Labute approximate surface area is 122 Å². The summed E-state index contributed by atoms with van der Waals surface area (Å²) in [6.45, 7) is 4.00. The van der Waals surface area contributed by atoms with E-state index in [1.54, 1.807) is 6.20 Å². The molecule has 1 aromatic carbocycles. The monoisotopic (exact) mass is 283 g/mol. The summed E-state index contributed by atoms with van der Waals surface area (Å²) >= 11 is 0. The smallest absolute Gasteiger partial charge is 0.174 e. The topological polar surface area (TPSA) is 60.2 Å². The van der Waals surface area contributed by atoms with Crippen LogP contribution in [0, 0.1) is 0 Å². The third kappa shape index (κ3) is 3.20. The van der Waals surface area contributed by atoms with Crippen molar-refractivity contribution in [2.75, 3.05) is 6.54 Å². The number of aromatic nitrogens is 2. The second-order valence-corrected chi connectivity index (χ2v) is 4.68. The summed E-state index contributed by atoms with van der Waals surface area (Å²) < 4.78 is 11.1. The van der Waals surface area contributed by atoms with Crippen molar-refractivity contribution in [3.63, 3.8) is 0 Å². The molecule has 0 aliphatic rings. The standard InChI is InChI=1S/C16H17N3O2/c1-2-17-10-13-9-14(21-19-13)11-20-15-7-3-5-12-6-4-8-18-16(12)15/h3-9,17H,2,10-11H2,1H3. The average molecular weight is 283 g/mol. The van der Waals surface area contributed by atoms with Gasteiger partial charge in [0, 0.05) is 24.2 Å². The molecule has 0 saturated heterocycles. The highest BCUT2D eigenvalue weighted by atomic mass is 16.5. The van der Waals surface area contributed by atoms with Crippen LogP contribution in [-0.4, -0.2) is 16.7 Å². The van der Waals surface area contributed by atoms with Crippen LogP contribution in [0.25, 0.3) is 10.9 Å². The molecule has 2 heterocycles. The van der Waals surface area contributed by atoms with E-state index < -0.39 is 0 Å². The van der Waals surface area contributed by atoms with Gasteiger partial charge < -0.3 is 14.6 Å². The van der Waals surface area contributed by atoms with Crippen molar-refractivity contribution >= 4 is 10.9 Å². The Hall–Kier alpha value is -2.40. The third-order valence-electron chi connectivity index (χ3n) is 3.13. The predicted octanol–water partition coefficient (Wildman–Crippen LogP) is 2.91. The molecule has 3 rings (SSSR count). The van der Waals surface area contributed by atoms with Gasteiger partial charge in [-0.25, -0.2) is 0 Å². The van der Waals surface area contributed by atoms with Crippen LogP contribution in [0.3, 0.4) is 0 Å². The van der Waals surface area contributed by atoms with Gasteiger partial charge in [0.05, 0.1) is 5.69 Å². The highest BCUT2D eigenvalue weighted by Gasteiger charge is 2.07. The molecule has 2 aromatic heterocycles. The Kier molecular flexibility index (Phi) is 4.12. The van der Waals surface area contributed by atoms with Gasteiger partial charge in [-0.15, -0.1) is 0 Å². The molecule has 0 spiro atoms. The van der Waals surface area contributed by atoms with E-state index in [1.807, 2.05) is 36.4 Å². The zero-order valence-electron chi connectivity index (χ0n) is 11.9. The molecule has 0 bridgehead atoms. The van der Waals surface area contributed by atoms with Crippen LogP contribution in [0.1, 0.15) is 18.4 Å². The van der Waals surface area contributed by atoms with Crippen LogP contribution in [-0.2, 0) is 13.2 Å². The van der Waals surface area contributed by atoms with E-state index in [2.05, 4.69) is 22.4 Å². The molecule has 0 fully saturated rings. The van der Waals surface area contributed by atoms with Crippen molar-refractivity contribution in [1.82, 2.24) is 15.5 Å². The van der Waals surface area contributed by atoms with E-state index in [0.717, 1.165) is 28.9 Å². The third-order valence-corrected chi connectivity index (χ3v) is 3.13. The van der Waals surface area contributed by atoms with E-state index in [4.69, 9.17) is 9.26 Å². The highest BCUT2D eigenvalue weighted by Crippen LogP contribution is 2.23. The van der Waals surface area contributed by atoms with Crippen LogP contribution in [0.5, 0.6) is 5.75 Å². The van der Waals surface area contributed by atoms with Crippen LogP contribution in [0.2, 0.25) is 0 Å². The van der Waals surface area contributed by atoms with Gasteiger partial charge in [-0.1, -0.05) is 30.3 Å². The van der Waals surface area contributed by atoms with Gasteiger partial charge in [0.1, 0.15) is 17.9 Å². The first kappa shape index (κ1) is 13.6. The Morgan fingerprint density at radius 3 is 3.05 bits per heavy atom. The molecule has 0 saturated carbocycles. The fourth-order valence-corrected chi connectivity index (χ4v) is 2.10. The summed E-state index contributed by atoms with van der Waals surface area (Å²) in [6, 6.07) is 11.7. The van der Waals surface area contributed by atoms with E-state index in [9.17, 15) is 0 Å². The zero-order chi connectivity index (χ0) is 14.5. The van der Waals surface area contributed by atoms with E-state index >= 15 is 0 Å². The Morgan fingerprint density at radius 1 is 1.24 bits per heavy atom. The summed E-state index contributed by atoms with van der Waals surface area (Å²) in [7, 11) is 0. The van der Waals surface area contributed by atoms with Crippen LogP contribution >= 0.6 is 0 Å². The van der Waals surface area contributed by atoms with Crippen molar-refractivity contribution in [3.05, 3.63) is 54.0 Å². The molecule has 0 unspecified atom stereocenters. The first-order chi connectivity index (χ1) is 10.4. The van der Waals surface area contributed by atoms with Crippen molar-refractivity contribution in [2.45, 2.75) is 20.1 Å². The molecule has 3 aromatic rings. The molecule has 0 radical (unpaired) electrons. The highest BCUT2D eigenvalue weighted by molar-refractivity contribution is 5.84. The maximum atomic E-state index is 5.81. The second-order valence-electron chi connectivity index (χ2n) is 4.68. The first-order valence-electron chi connectivity index (χ1n) is 6.98. The number of ether oxygens (including phenoxy) is 1. The molecule has 108 valence electrons. The van der Waals surface area contributed by atoms with Gasteiger partial charge in [-0.05, 0) is 18.7 Å². The Bertz CT molecular complexity index is 719.